The van der Waals surface area contributed by atoms with Crippen molar-refractivity contribution in [2.45, 2.75) is 26.1 Å². The molecule has 3 rings (SSSR count). The summed E-state index contributed by atoms with van der Waals surface area (Å²) >= 11 is 2.47. The molecule has 0 fully saturated rings. The predicted molar refractivity (Wildman–Crippen MR) is 105 cm³/mol. The summed E-state index contributed by atoms with van der Waals surface area (Å²) < 4.78 is 7.67. The molecule has 0 radical (unpaired) electrons. The van der Waals surface area contributed by atoms with E-state index in [-0.39, 0.29) is 12.0 Å². The van der Waals surface area contributed by atoms with Crippen molar-refractivity contribution in [1.29, 1.82) is 0 Å². The third-order valence-corrected chi connectivity index (χ3v) is 5.30. The Morgan fingerprint density at radius 1 is 1.09 bits per heavy atom. The van der Waals surface area contributed by atoms with Crippen LogP contribution in [0.2, 0.25) is 0 Å². The molecule has 0 heterocycles. The first-order chi connectivity index (χ1) is 11.2. The van der Waals surface area contributed by atoms with Crippen molar-refractivity contribution in [1.82, 2.24) is 0 Å². The van der Waals surface area contributed by atoms with Crippen LogP contribution in [-0.4, -0.2) is 6.10 Å². The van der Waals surface area contributed by atoms with Gasteiger partial charge in [-0.3, -0.25) is 0 Å². The Morgan fingerprint density at radius 2 is 1.70 bits per heavy atom. The molecule has 0 N–H and O–H groups in total. The summed E-state index contributed by atoms with van der Waals surface area (Å²) in [6, 6.07) is 21.0. The number of hydrogen-bond donors (Lipinski definition) is 0. The van der Waals surface area contributed by atoms with Crippen molar-refractivity contribution in [3.8, 4) is 0 Å². The molecule has 0 saturated heterocycles. The van der Waals surface area contributed by atoms with Crippen LogP contribution < -0.4 is 0 Å². The molecule has 1 aliphatic carbocycles. The maximum Gasteiger partial charge on any atom is 0.0730 e. The van der Waals surface area contributed by atoms with Crippen LogP contribution in [0.1, 0.15) is 24.5 Å². The van der Waals surface area contributed by atoms with Crippen LogP contribution in [0.4, 0.5) is 0 Å². The Morgan fingerprint density at radius 3 is 2.30 bits per heavy atom. The molecule has 23 heavy (non-hydrogen) atoms. The highest BCUT2D eigenvalue weighted by Gasteiger charge is 2.35. The normalized spacial score (nSPS) is 20.8. The van der Waals surface area contributed by atoms with Gasteiger partial charge in [-0.15, -0.1) is 0 Å². The highest BCUT2D eigenvalue weighted by atomic mass is 127. The molecule has 0 spiro atoms. The molecule has 2 atom stereocenters. The van der Waals surface area contributed by atoms with Crippen molar-refractivity contribution in [3.63, 3.8) is 0 Å². The molecule has 1 nitrogen and oxygen atoms in total. The van der Waals surface area contributed by atoms with Gasteiger partial charge in [-0.05, 0) is 49.8 Å². The van der Waals surface area contributed by atoms with Crippen molar-refractivity contribution >= 4 is 28.2 Å². The van der Waals surface area contributed by atoms with E-state index in [9.17, 15) is 0 Å². The van der Waals surface area contributed by atoms with Crippen LogP contribution in [0.3, 0.4) is 0 Å². The molecule has 0 bridgehead atoms. The van der Waals surface area contributed by atoms with Crippen molar-refractivity contribution in [3.05, 3.63) is 87.5 Å². The molecule has 1 aliphatic rings. The van der Waals surface area contributed by atoms with E-state index in [2.05, 4.69) is 90.7 Å². The molecule has 0 saturated carbocycles. The Bertz CT molecular complexity index is 703. The highest BCUT2D eigenvalue weighted by molar-refractivity contribution is 14.1. The zero-order chi connectivity index (χ0) is 16.2. The Labute approximate surface area is 152 Å². The molecule has 0 aromatic heterocycles. The van der Waals surface area contributed by atoms with Crippen LogP contribution >= 0.6 is 22.6 Å². The van der Waals surface area contributed by atoms with Gasteiger partial charge in [-0.2, -0.15) is 0 Å². The van der Waals surface area contributed by atoms with Gasteiger partial charge < -0.3 is 4.74 Å². The van der Waals surface area contributed by atoms with E-state index in [4.69, 9.17) is 4.74 Å². The maximum absolute atomic E-state index is 6.28. The number of halogens is 1. The van der Waals surface area contributed by atoms with E-state index in [1.807, 2.05) is 6.07 Å². The third kappa shape index (κ3) is 3.75. The van der Waals surface area contributed by atoms with Gasteiger partial charge in [0.2, 0.25) is 0 Å². The van der Waals surface area contributed by atoms with Crippen molar-refractivity contribution in [2.75, 3.05) is 0 Å². The molecule has 0 unspecified atom stereocenters. The lowest BCUT2D eigenvalue weighted by Gasteiger charge is -2.24. The smallest absolute Gasteiger partial charge is 0.0730 e. The largest absolute Gasteiger partial charge is 0.372 e. The van der Waals surface area contributed by atoms with E-state index in [0.29, 0.717) is 6.61 Å². The van der Waals surface area contributed by atoms with Gasteiger partial charge in [-0.1, -0.05) is 72.8 Å². The minimum absolute atomic E-state index is 0.176. The Kier molecular flexibility index (Phi) is 5.34. The summed E-state index contributed by atoms with van der Waals surface area (Å²) in [5, 5.41) is 0. The van der Waals surface area contributed by atoms with Crippen LogP contribution in [-0.2, 0) is 11.3 Å². The van der Waals surface area contributed by atoms with E-state index in [0.717, 1.165) is 6.42 Å². The Balaban J connectivity index is 1.80. The SMILES string of the molecule is C=C(C)[C@@H]1C(c2ccccc2)=C(I)C[C@H]1OCc1ccccc1. The lowest BCUT2D eigenvalue weighted by Crippen LogP contribution is -2.21. The standard InChI is InChI=1S/C21H21IO/c1-15(2)20-19(23-14-16-9-5-3-6-10-16)13-18(22)21(20)17-11-7-4-8-12-17/h3-12,19-20H,1,13-14H2,2H3/t19-,20+/m1/s1. The summed E-state index contributed by atoms with van der Waals surface area (Å²) in [5.41, 5.74) is 5.07. The fourth-order valence-corrected chi connectivity index (χ4v) is 4.29. The lowest BCUT2D eigenvalue weighted by molar-refractivity contribution is 0.0315. The minimum Gasteiger partial charge on any atom is -0.372 e. The predicted octanol–water partition coefficient (Wildman–Crippen LogP) is 6.01. The minimum atomic E-state index is 0.176. The van der Waals surface area contributed by atoms with Gasteiger partial charge in [0.15, 0.2) is 0 Å². The topological polar surface area (TPSA) is 9.23 Å². The van der Waals surface area contributed by atoms with E-state index < -0.39 is 0 Å². The third-order valence-electron chi connectivity index (χ3n) is 4.28. The van der Waals surface area contributed by atoms with Crippen LogP contribution in [0, 0.1) is 5.92 Å². The highest BCUT2D eigenvalue weighted by Crippen LogP contribution is 2.46. The van der Waals surface area contributed by atoms with Gasteiger partial charge in [0.25, 0.3) is 0 Å². The summed E-state index contributed by atoms with van der Waals surface area (Å²) in [4.78, 5) is 0. The summed E-state index contributed by atoms with van der Waals surface area (Å²) in [5.74, 6) is 0.271. The fraction of sp³-hybridized carbons (Fsp3) is 0.238. The summed E-state index contributed by atoms with van der Waals surface area (Å²) in [7, 11) is 0. The maximum atomic E-state index is 6.28. The van der Waals surface area contributed by atoms with Gasteiger partial charge in [0, 0.05) is 12.3 Å². The average molecular weight is 416 g/mol. The second kappa shape index (κ2) is 7.45. The molecule has 118 valence electrons. The molecular formula is C21H21IO. The van der Waals surface area contributed by atoms with Crippen molar-refractivity contribution in [2.24, 2.45) is 5.92 Å². The zero-order valence-electron chi connectivity index (χ0n) is 13.3. The summed E-state index contributed by atoms with van der Waals surface area (Å²) in [6.45, 7) is 7.00. The first kappa shape index (κ1) is 16.5. The Hall–Kier alpha value is -1.39. The molecular weight excluding hydrogens is 395 g/mol. The first-order valence-corrected chi connectivity index (χ1v) is 8.99. The van der Waals surface area contributed by atoms with E-state index in [1.165, 1.54) is 25.9 Å². The van der Waals surface area contributed by atoms with Crippen LogP contribution in [0.15, 0.2) is 76.4 Å². The number of ether oxygens (including phenoxy) is 1. The molecule has 0 aliphatic heterocycles. The second-order valence-corrected chi connectivity index (χ2v) is 7.35. The molecule has 2 aromatic rings. The fourth-order valence-electron chi connectivity index (χ4n) is 3.21. The van der Waals surface area contributed by atoms with Gasteiger partial charge >= 0.3 is 0 Å². The molecule has 2 aromatic carbocycles. The zero-order valence-corrected chi connectivity index (χ0v) is 15.5. The number of hydrogen-bond acceptors (Lipinski definition) is 1. The number of rotatable bonds is 5. The van der Waals surface area contributed by atoms with E-state index in [1.54, 1.807) is 0 Å². The van der Waals surface area contributed by atoms with Gasteiger partial charge in [0.1, 0.15) is 0 Å². The molecule has 0 amide bonds. The van der Waals surface area contributed by atoms with Gasteiger partial charge in [-0.25, -0.2) is 0 Å². The van der Waals surface area contributed by atoms with Crippen molar-refractivity contribution < 1.29 is 4.74 Å². The number of benzene rings is 2. The van der Waals surface area contributed by atoms with Crippen LogP contribution in [0.25, 0.3) is 5.57 Å². The average Bonchev–Trinajstić information content (AvgIpc) is 2.91. The quantitative estimate of drug-likeness (QED) is 0.428. The lowest BCUT2D eigenvalue weighted by atomic mass is 9.88. The second-order valence-electron chi connectivity index (χ2n) is 6.05. The summed E-state index contributed by atoms with van der Waals surface area (Å²) in [6.07, 6.45) is 1.14. The van der Waals surface area contributed by atoms with Crippen LogP contribution in [0.5, 0.6) is 0 Å². The monoisotopic (exact) mass is 416 g/mol. The van der Waals surface area contributed by atoms with E-state index >= 15 is 0 Å². The molecule has 2 heteroatoms. The first-order valence-electron chi connectivity index (χ1n) is 7.91. The van der Waals surface area contributed by atoms with Gasteiger partial charge in [0.05, 0.1) is 12.7 Å².